The lowest BCUT2D eigenvalue weighted by Gasteiger charge is -2.19. The van der Waals surface area contributed by atoms with Crippen molar-refractivity contribution >= 4 is 29.2 Å². The minimum Gasteiger partial charge on any atom is -0.382 e. The first-order valence-corrected chi connectivity index (χ1v) is 11.2. The van der Waals surface area contributed by atoms with E-state index in [9.17, 15) is 5.11 Å². The summed E-state index contributed by atoms with van der Waals surface area (Å²) >= 11 is 0. The van der Waals surface area contributed by atoms with Crippen molar-refractivity contribution in [3.05, 3.63) is 107 Å². The van der Waals surface area contributed by atoms with E-state index in [1.807, 2.05) is 38.1 Å². The molecule has 4 aromatic rings. The van der Waals surface area contributed by atoms with Gasteiger partial charge in [-0.25, -0.2) is 4.98 Å². The van der Waals surface area contributed by atoms with E-state index < -0.39 is 6.10 Å². The zero-order valence-electron chi connectivity index (χ0n) is 19.8. The highest BCUT2D eigenvalue weighted by molar-refractivity contribution is 5.71. The predicted molar refractivity (Wildman–Crippen MR) is 139 cm³/mol. The Labute approximate surface area is 209 Å². The second-order valence-electron chi connectivity index (χ2n) is 8.09. The molecule has 0 radical (unpaired) electrons. The summed E-state index contributed by atoms with van der Waals surface area (Å²) in [4.78, 5) is 13.3. The van der Waals surface area contributed by atoms with Crippen LogP contribution < -0.4 is 10.6 Å². The van der Waals surface area contributed by atoms with E-state index in [0.717, 1.165) is 28.1 Å². The van der Waals surface area contributed by atoms with Crippen molar-refractivity contribution in [3.63, 3.8) is 0 Å². The van der Waals surface area contributed by atoms with Gasteiger partial charge in [0.15, 0.2) is 0 Å². The molecule has 1 unspecified atom stereocenters. The molecule has 0 aliphatic carbocycles. The number of hydrogen-bond acceptors (Lipinski definition) is 8. The van der Waals surface area contributed by atoms with E-state index in [-0.39, 0.29) is 0 Å². The highest BCUT2D eigenvalue weighted by Gasteiger charge is 2.20. The summed E-state index contributed by atoms with van der Waals surface area (Å²) in [6.07, 6.45) is 5.33. The summed E-state index contributed by atoms with van der Waals surface area (Å²) in [5.74, 6) is 0.744. The van der Waals surface area contributed by atoms with E-state index in [2.05, 4.69) is 31.7 Å². The van der Waals surface area contributed by atoms with Crippen molar-refractivity contribution in [2.24, 2.45) is 0 Å². The van der Waals surface area contributed by atoms with E-state index in [0.29, 0.717) is 28.6 Å². The quantitative estimate of drug-likeness (QED) is 0.301. The molecule has 0 fully saturated rings. The monoisotopic (exact) mass is 473 g/mol. The summed E-state index contributed by atoms with van der Waals surface area (Å²) < 4.78 is 0. The number of benzene rings is 2. The lowest BCUT2D eigenvalue weighted by Crippen LogP contribution is -2.11. The zero-order chi connectivity index (χ0) is 25.5. The zero-order valence-corrected chi connectivity index (χ0v) is 19.8. The molecule has 4 rings (SSSR count). The number of nitriles is 2. The minimum absolute atomic E-state index is 0.322. The largest absolute Gasteiger partial charge is 0.382 e. The molecular weight excluding hydrogens is 450 g/mol. The SMILES string of the molecule is Cc1cc(/C=C/C#N)cc(C)c1Nc1nc(Nc2ccc(C#N)cc2)ncc1C(O)c1ccccn1. The van der Waals surface area contributed by atoms with Crippen LogP contribution in [0.3, 0.4) is 0 Å². The van der Waals surface area contributed by atoms with Crippen LogP contribution in [-0.4, -0.2) is 20.1 Å². The molecule has 2 aromatic heterocycles. The number of rotatable bonds is 7. The van der Waals surface area contributed by atoms with Gasteiger partial charge in [0.1, 0.15) is 11.9 Å². The van der Waals surface area contributed by atoms with Crippen molar-refractivity contribution in [2.45, 2.75) is 20.0 Å². The van der Waals surface area contributed by atoms with Gasteiger partial charge in [-0.2, -0.15) is 15.5 Å². The molecule has 0 spiro atoms. The highest BCUT2D eigenvalue weighted by atomic mass is 16.3. The van der Waals surface area contributed by atoms with Crippen LogP contribution in [0.25, 0.3) is 6.08 Å². The number of nitrogens with one attached hydrogen (secondary N) is 2. The van der Waals surface area contributed by atoms with Crippen LogP contribution in [-0.2, 0) is 0 Å². The van der Waals surface area contributed by atoms with E-state index in [1.54, 1.807) is 54.9 Å². The number of anilines is 4. The van der Waals surface area contributed by atoms with Crippen LogP contribution in [0.2, 0.25) is 0 Å². The summed E-state index contributed by atoms with van der Waals surface area (Å²) in [5.41, 5.74) is 5.86. The summed E-state index contributed by atoms with van der Waals surface area (Å²) in [6.45, 7) is 3.93. The first kappa shape index (κ1) is 24.1. The normalized spacial score (nSPS) is 11.5. The van der Waals surface area contributed by atoms with E-state index in [4.69, 9.17) is 10.5 Å². The molecule has 1 atom stereocenters. The smallest absolute Gasteiger partial charge is 0.229 e. The van der Waals surface area contributed by atoms with Gasteiger partial charge in [-0.15, -0.1) is 0 Å². The van der Waals surface area contributed by atoms with Gasteiger partial charge in [0, 0.05) is 35.4 Å². The highest BCUT2D eigenvalue weighted by Crippen LogP contribution is 2.32. The Morgan fingerprint density at radius 1 is 0.972 bits per heavy atom. The molecule has 0 saturated heterocycles. The van der Waals surface area contributed by atoms with Crippen molar-refractivity contribution in [2.75, 3.05) is 10.6 Å². The van der Waals surface area contributed by atoms with Crippen LogP contribution >= 0.6 is 0 Å². The van der Waals surface area contributed by atoms with Gasteiger partial charge in [0.25, 0.3) is 0 Å². The van der Waals surface area contributed by atoms with Gasteiger partial charge in [0.2, 0.25) is 5.95 Å². The maximum atomic E-state index is 11.1. The Bertz CT molecular complexity index is 1460. The third kappa shape index (κ3) is 5.53. The molecule has 176 valence electrons. The predicted octanol–water partition coefficient (Wildman–Crippen LogP) is 5.47. The van der Waals surface area contributed by atoms with Crippen LogP contribution in [0, 0.1) is 36.5 Å². The topological polar surface area (TPSA) is 131 Å². The molecule has 36 heavy (non-hydrogen) atoms. The van der Waals surface area contributed by atoms with Gasteiger partial charge in [0.05, 0.1) is 23.4 Å². The Kier molecular flexibility index (Phi) is 7.30. The van der Waals surface area contributed by atoms with Gasteiger partial charge in [-0.05, 0) is 85.1 Å². The fourth-order valence-electron chi connectivity index (χ4n) is 3.75. The van der Waals surface area contributed by atoms with Crippen molar-refractivity contribution in [1.82, 2.24) is 15.0 Å². The number of pyridine rings is 1. The summed E-state index contributed by atoms with van der Waals surface area (Å²) in [7, 11) is 0. The van der Waals surface area contributed by atoms with Crippen LogP contribution in [0.15, 0.2) is 73.1 Å². The Hall–Kier alpha value is -5.05. The number of aromatic nitrogens is 3. The molecule has 8 heteroatoms. The molecule has 0 saturated carbocycles. The maximum absolute atomic E-state index is 11.1. The molecule has 0 aliphatic rings. The molecular formula is C28H23N7O. The van der Waals surface area contributed by atoms with Crippen LogP contribution in [0.4, 0.5) is 23.1 Å². The standard InChI is InChI=1S/C28H23N7O/c1-18-14-21(6-5-12-29)15-19(2)25(18)34-27-23(26(36)24-7-3-4-13-31-24)17-32-28(35-27)33-22-10-8-20(16-30)9-11-22/h3-11,13-15,17,26,36H,1-2H3,(H2,32,33,34,35)/b6-5+. The number of hydrogen-bond donors (Lipinski definition) is 3. The second-order valence-corrected chi connectivity index (χ2v) is 8.09. The van der Waals surface area contributed by atoms with Gasteiger partial charge >= 0.3 is 0 Å². The first-order chi connectivity index (χ1) is 17.5. The fraction of sp³-hybridized carbons (Fsp3) is 0.107. The molecule has 8 nitrogen and oxygen atoms in total. The summed E-state index contributed by atoms with van der Waals surface area (Å²) in [6, 6.07) is 20.3. The number of nitrogens with zero attached hydrogens (tertiary/aromatic N) is 5. The number of aliphatic hydroxyl groups is 1. The van der Waals surface area contributed by atoms with Crippen molar-refractivity contribution in [1.29, 1.82) is 10.5 Å². The number of aliphatic hydroxyl groups excluding tert-OH is 1. The summed E-state index contributed by atoms with van der Waals surface area (Å²) in [5, 5.41) is 35.5. The lowest BCUT2D eigenvalue weighted by atomic mass is 10.0. The lowest BCUT2D eigenvalue weighted by molar-refractivity contribution is 0.215. The van der Waals surface area contributed by atoms with Gasteiger partial charge in [-0.3, -0.25) is 4.98 Å². The van der Waals surface area contributed by atoms with E-state index in [1.165, 1.54) is 6.08 Å². The molecule has 3 N–H and O–H groups in total. The third-order valence-electron chi connectivity index (χ3n) is 5.50. The average molecular weight is 474 g/mol. The number of aryl methyl sites for hydroxylation is 2. The molecule has 2 aromatic carbocycles. The van der Waals surface area contributed by atoms with Crippen molar-refractivity contribution in [3.8, 4) is 12.1 Å². The fourth-order valence-corrected chi connectivity index (χ4v) is 3.75. The number of allylic oxidation sites excluding steroid dienone is 1. The van der Waals surface area contributed by atoms with Crippen molar-refractivity contribution < 1.29 is 5.11 Å². The second kappa shape index (κ2) is 10.9. The van der Waals surface area contributed by atoms with E-state index >= 15 is 0 Å². The third-order valence-corrected chi connectivity index (χ3v) is 5.50. The van der Waals surface area contributed by atoms with Crippen LogP contribution in [0.5, 0.6) is 0 Å². The molecule has 0 aliphatic heterocycles. The van der Waals surface area contributed by atoms with Gasteiger partial charge in [-0.1, -0.05) is 6.07 Å². The molecule has 0 amide bonds. The Balaban J connectivity index is 1.73. The first-order valence-electron chi connectivity index (χ1n) is 11.2. The maximum Gasteiger partial charge on any atom is 0.229 e. The minimum atomic E-state index is -1.05. The van der Waals surface area contributed by atoms with Gasteiger partial charge < -0.3 is 15.7 Å². The average Bonchev–Trinajstić information content (AvgIpc) is 2.90. The van der Waals surface area contributed by atoms with Crippen LogP contribution in [0.1, 0.15) is 39.6 Å². The molecule has 0 bridgehead atoms. The Morgan fingerprint density at radius 3 is 2.36 bits per heavy atom. The Morgan fingerprint density at radius 2 is 1.72 bits per heavy atom. The molecule has 2 heterocycles.